The SMILES string of the molecule is CS(=O)(=O)NC(=O)CCc1ccc(Nc2ncc3c(=O)c(C(N)=O)cn(-c4ccc5c(c4)CCC5)c3n2)cc1. The van der Waals surface area contributed by atoms with Gasteiger partial charge in [0.05, 0.1) is 11.6 Å². The minimum absolute atomic E-state index is 0.0289. The molecule has 0 atom stereocenters. The summed E-state index contributed by atoms with van der Waals surface area (Å²) < 4.78 is 26.0. The number of nitrogens with one attached hydrogen (secondary N) is 2. The van der Waals surface area contributed by atoms with Crippen molar-refractivity contribution in [3.8, 4) is 5.69 Å². The van der Waals surface area contributed by atoms with Crippen molar-refractivity contribution in [1.29, 1.82) is 0 Å². The molecule has 200 valence electrons. The molecular formula is C27H26N6O5S. The van der Waals surface area contributed by atoms with Crippen LogP contribution in [0.3, 0.4) is 0 Å². The molecule has 1 aliphatic rings. The Morgan fingerprint density at radius 3 is 2.54 bits per heavy atom. The summed E-state index contributed by atoms with van der Waals surface area (Å²) in [5.41, 5.74) is 9.92. The summed E-state index contributed by atoms with van der Waals surface area (Å²) in [5.74, 6) is -1.16. The van der Waals surface area contributed by atoms with Gasteiger partial charge in [0.15, 0.2) is 5.65 Å². The lowest BCUT2D eigenvalue weighted by Crippen LogP contribution is -2.29. The van der Waals surface area contributed by atoms with E-state index in [2.05, 4.69) is 21.4 Å². The maximum atomic E-state index is 13.0. The third-order valence-corrected chi connectivity index (χ3v) is 7.12. The van der Waals surface area contributed by atoms with Gasteiger partial charge in [0.25, 0.3) is 5.91 Å². The van der Waals surface area contributed by atoms with E-state index in [9.17, 15) is 22.8 Å². The van der Waals surface area contributed by atoms with Crippen molar-refractivity contribution in [3.05, 3.63) is 87.3 Å². The number of hydrogen-bond acceptors (Lipinski definition) is 8. The molecular weight excluding hydrogens is 520 g/mol. The van der Waals surface area contributed by atoms with Gasteiger partial charge in [0, 0.05) is 30.2 Å². The van der Waals surface area contributed by atoms with Gasteiger partial charge in [-0.2, -0.15) is 4.98 Å². The van der Waals surface area contributed by atoms with Gasteiger partial charge < -0.3 is 15.6 Å². The van der Waals surface area contributed by atoms with E-state index in [1.807, 2.05) is 16.9 Å². The van der Waals surface area contributed by atoms with Gasteiger partial charge in [0.2, 0.25) is 27.3 Å². The first-order valence-corrected chi connectivity index (χ1v) is 14.2. The Kier molecular flexibility index (Phi) is 6.87. The highest BCUT2D eigenvalue weighted by Gasteiger charge is 2.18. The molecule has 4 N–H and O–H groups in total. The highest BCUT2D eigenvalue weighted by Crippen LogP contribution is 2.26. The molecule has 0 unspecified atom stereocenters. The number of pyridine rings is 1. The summed E-state index contributed by atoms with van der Waals surface area (Å²) >= 11 is 0. The highest BCUT2D eigenvalue weighted by atomic mass is 32.2. The predicted octanol–water partition coefficient (Wildman–Crippen LogP) is 2.12. The van der Waals surface area contributed by atoms with Crippen LogP contribution in [0, 0.1) is 0 Å². The molecule has 0 fully saturated rings. The van der Waals surface area contributed by atoms with Crippen LogP contribution in [0.1, 0.15) is 39.9 Å². The van der Waals surface area contributed by atoms with Gasteiger partial charge >= 0.3 is 0 Å². The van der Waals surface area contributed by atoms with Crippen molar-refractivity contribution in [2.75, 3.05) is 11.6 Å². The van der Waals surface area contributed by atoms with E-state index in [-0.39, 0.29) is 23.3 Å². The van der Waals surface area contributed by atoms with E-state index in [4.69, 9.17) is 5.73 Å². The van der Waals surface area contributed by atoms with Crippen molar-refractivity contribution >= 4 is 44.5 Å². The summed E-state index contributed by atoms with van der Waals surface area (Å²) in [6, 6.07) is 13.2. The number of rotatable bonds is 8. The molecule has 39 heavy (non-hydrogen) atoms. The van der Waals surface area contributed by atoms with Crippen LogP contribution in [0.2, 0.25) is 0 Å². The van der Waals surface area contributed by atoms with E-state index in [1.165, 1.54) is 23.5 Å². The molecule has 0 saturated heterocycles. The Balaban J connectivity index is 1.43. The monoisotopic (exact) mass is 546 g/mol. The van der Waals surface area contributed by atoms with E-state index >= 15 is 0 Å². The van der Waals surface area contributed by atoms with Crippen molar-refractivity contribution in [1.82, 2.24) is 19.3 Å². The smallest absolute Gasteiger partial charge is 0.254 e. The Morgan fingerprint density at radius 1 is 1.08 bits per heavy atom. The number of anilines is 2. The Hall–Kier alpha value is -4.58. The first-order valence-electron chi connectivity index (χ1n) is 12.3. The third kappa shape index (κ3) is 5.80. The van der Waals surface area contributed by atoms with Gasteiger partial charge in [-0.1, -0.05) is 18.2 Å². The Labute approximate surface area is 224 Å². The first-order chi connectivity index (χ1) is 18.6. The molecule has 12 heteroatoms. The lowest BCUT2D eigenvalue weighted by molar-refractivity contribution is -0.119. The van der Waals surface area contributed by atoms with E-state index in [0.717, 1.165) is 36.8 Å². The highest BCUT2D eigenvalue weighted by molar-refractivity contribution is 7.89. The normalized spacial score (nSPS) is 12.7. The Morgan fingerprint density at radius 2 is 1.82 bits per heavy atom. The quantitative estimate of drug-likeness (QED) is 0.302. The summed E-state index contributed by atoms with van der Waals surface area (Å²) in [7, 11) is -3.59. The lowest BCUT2D eigenvalue weighted by Gasteiger charge is -2.14. The molecule has 2 amide bonds. The van der Waals surface area contributed by atoms with Gasteiger partial charge in [-0.3, -0.25) is 19.1 Å². The zero-order valence-corrected chi connectivity index (χ0v) is 21.9. The van der Waals surface area contributed by atoms with Crippen LogP contribution in [0.25, 0.3) is 16.7 Å². The summed E-state index contributed by atoms with van der Waals surface area (Å²) in [6.07, 6.45) is 7.19. The first kappa shape index (κ1) is 26.0. The van der Waals surface area contributed by atoms with Gasteiger partial charge in [-0.25, -0.2) is 13.4 Å². The summed E-state index contributed by atoms with van der Waals surface area (Å²) in [5, 5.41) is 3.28. The molecule has 1 aliphatic carbocycles. The van der Waals surface area contributed by atoms with E-state index in [1.54, 1.807) is 28.8 Å². The number of aryl methyl sites for hydroxylation is 3. The number of benzene rings is 2. The number of carbonyl (C=O) groups is 2. The zero-order valence-electron chi connectivity index (χ0n) is 21.1. The minimum atomic E-state index is -3.59. The number of carbonyl (C=O) groups excluding carboxylic acids is 2. The van der Waals surface area contributed by atoms with Crippen LogP contribution in [-0.4, -0.2) is 41.0 Å². The maximum absolute atomic E-state index is 13.0. The van der Waals surface area contributed by atoms with Gasteiger partial charge in [-0.15, -0.1) is 0 Å². The van der Waals surface area contributed by atoms with Gasteiger partial charge in [-0.05, 0) is 66.6 Å². The van der Waals surface area contributed by atoms with E-state index < -0.39 is 27.3 Å². The molecule has 0 aliphatic heterocycles. The number of fused-ring (bicyclic) bond motifs is 2. The second-order valence-electron chi connectivity index (χ2n) is 9.46. The second-order valence-corrected chi connectivity index (χ2v) is 11.2. The average molecular weight is 547 g/mol. The summed E-state index contributed by atoms with van der Waals surface area (Å²) in [4.78, 5) is 45.6. The molecule has 5 rings (SSSR count). The van der Waals surface area contributed by atoms with Crippen LogP contribution < -0.4 is 21.2 Å². The number of aromatic nitrogens is 3. The van der Waals surface area contributed by atoms with Crippen LogP contribution in [0.4, 0.5) is 11.6 Å². The fourth-order valence-corrected chi connectivity index (χ4v) is 5.17. The minimum Gasteiger partial charge on any atom is -0.365 e. The van der Waals surface area contributed by atoms with Crippen LogP contribution in [-0.2, 0) is 34.1 Å². The average Bonchev–Trinajstić information content (AvgIpc) is 3.35. The number of nitrogens with two attached hydrogens (primary N) is 1. The molecule has 0 spiro atoms. The van der Waals surface area contributed by atoms with Crippen molar-refractivity contribution in [2.45, 2.75) is 32.1 Å². The fraction of sp³-hybridized carbons (Fsp3) is 0.222. The standard InChI is InChI=1S/C27H26N6O5S/c1-39(37,38)32-23(34)12-7-16-5-9-19(10-6-16)30-27-29-14-21-24(35)22(25(28)36)15-33(26(21)31-27)20-11-8-17-3-2-4-18(17)13-20/h5-6,8-11,13-15H,2-4,7,12H2,1H3,(H2,28,36)(H,32,34)(H,29,30,31). The summed E-state index contributed by atoms with van der Waals surface area (Å²) in [6.45, 7) is 0. The third-order valence-electron chi connectivity index (χ3n) is 6.52. The molecule has 0 saturated carbocycles. The number of hydrogen-bond donors (Lipinski definition) is 3. The molecule has 2 aromatic heterocycles. The van der Waals surface area contributed by atoms with Crippen LogP contribution in [0.15, 0.2) is 59.7 Å². The fourth-order valence-electron chi connectivity index (χ4n) is 4.65. The predicted molar refractivity (Wildman–Crippen MR) is 147 cm³/mol. The zero-order chi connectivity index (χ0) is 27.7. The molecule has 2 heterocycles. The number of amides is 2. The van der Waals surface area contributed by atoms with Crippen LogP contribution >= 0.6 is 0 Å². The van der Waals surface area contributed by atoms with Crippen molar-refractivity contribution in [3.63, 3.8) is 0 Å². The second kappa shape index (κ2) is 10.3. The number of sulfonamides is 1. The molecule has 2 aromatic carbocycles. The largest absolute Gasteiger partial charge is 0.365 e. The van der Waals surface area contributed by atoms with E-state index in [0.29, 0.717) is 17.8 Å². The maximum Gasteiger partial charge on any atom is 0.254 e. The topological polar surface area (TPSA) is 166 Å². The molecule has 11 nitrogen and oxygen atoms in total. The molecule has 0 bridgehead atoms. The van der Waals surface area contributed by atoms with Crippen LogP contribution in [0.5, 0.6) is 0 Å². The molecule has 4 aromatic rings. The van der Waals surface area contributed by atoms with Crippen molar-refractivity contribution < 1.29 is 18.0 Å². The van der Waals surface area contributed by atoms with Gasteiger partial charge in [0.1, 0.15) is 5.56 Å². The number of primary amides is 1. The Bertz CT molecular complexity index is 1780. The number of nitrogens with zero attached hydrogens (tertiary/aromatic N) is 3. The molecule has 0 radical (unpaired) electrons. The van der Waals surface area contributed by atoms with Crippen molar-refractivity contribution in [2.24, 2.45) is 5.73 Å². The lowest BCUT2D eigenvalue weighted by atomic mass is 10.1.